The number of carboxylic acids is 1. The zero-order valence-electron chi connectivity index (χ0n) is 34.6. The molecule has 0 saturated heterocycles. The summed E-state index contributed by atoms with van der Waals surface area (Å²) in [6.07, 6.45) is 51.8. The summed E-state index contributed by atoms with van der Waals surface area (Å²) in [4.78, 5) is 13.7. The fourth-order valence-electron chi connectivity index (χ4n) is 7.49. The van der Waals surface area contributed by atoms with Crippen LogP contribution in [0.1, 0.15) is 265 Å². The number of unbranched alkanes of at least 4 members (excludes halogenated alkanes) is 34. The molecule has 0 saturated carbocycles. The molecule has 4 heteroatoms. The molecule has 0 aliphatic rings. The maximum atomic E-state index is 11.1. The molecule has 0 aliphatic heterocycles. The Kier molecular flexibility index (Phi) is 46.9. The van der Waals surface area contributed by atoms with Crippen LogP contribution >= 0.6 is 0 Å². The van der Waals surface area contributed by atoms with Gasteiger partial charge in [-0.15, -0.1) is 0 Å². The van der Waals surface area contributed by atoms with Gasteiger partial charge in [0.2, 0.25) is 0 Å². The zero-order chi connectivity index (χ0) is 35.0. The molecule has 0 aromatic heterocycles. The second-order valence-electron chi connectivity index (χ2n) is 15.8. The summed E-state index contributed by atoms with van der Waals surface area (Å²) in [5.41, 5.74) is 0. The molecule has 0 fully saturated rings. The maximum absolute atomic E-state index is 11.1. The van der Waals surface area contributed by atoms with Gasteiger partial charge in [0, 0.05) is 12.0 Å². The first kappa shape index (κ1) is 51.5. The summed E-state index contributed by atoms with van der Waals surface area (Å²) in [7, 11) is 0. The van der Waals surface area contributed by atoms with Crippen molar-refractivity contribution in [3.63, 3.8) is 0 Å². The number of aliphatic carboxylic acids is 1. The summed E-state index contributed by atoms with van der Waals surface area (Å²) in [6.45, 7) is 9.09. The monoisotopic (exact) mass is 700 g/mol. The average molecular weight is 700 g/mol. The smallest absolute Gasteiger partial charge is 0.550 e. The molecule has 288 valence electrons. The molecule has 3 nitrogen and oxygen atoms in total. The summed E-state index contributed by atoms with van der Waals surface area (Å²) in [5, 5.41) is 11.1. The number of carboxylic acid groups (broad SMARTS) is 1. The standard InChI is InChI=1S/C45H91NO2.Na/c1-4-6-8-10-12-14-16-18-20-22-24-26-28-30-32-34-36-38-42-46(44(3)40-41-45(47)48)43-39-37-35-33-31-29-27-25-23-21-19-17-15-13-11-9-7-5-2;/h44H,4-43H2,1-3H3,(H,47,48);/q;+1/p-1. The van der Waals surface area contributed by atoms with Crippen molar-refractivity contribution in [3.05, 3.63) is 0 Å². The second kappa shape index (κ2) is 44.6. The quantitative estimate of drug-likeness (QED) is 0.0470. The molecule has 0 aromatic carbocycles. The normalized spacial score (nSPS) is 12.1. The Morgan fingerprint density at radius 3 is 0.816 bits per heavy atom. The first-order valence-electron chi connectivity index (χ1n) is 22.6. The van der Waals surface area contributed by atoms with Crippen LogP contribution in [0.15, 0.2) is 0 Å². The summed E-state index contributed by atoms with van der Waals surface area (Å²) in [5.74, 6) is -0.900. The van der Waals surface area contributed by atoms with Crippen LogP contribution in [-0.4, -0.2) is 30.0 Å². The Morgan fingerprint density at radius 1 is 0.408 bits per heavy atom. The predicted molar refractivity (Wildman–Crippen MR) is 213 cm³/mol. The van der Waals surface area contributed by atoms with Gasteiger partial charge in [0.05, 0.1) is 0 Å². The van der Waals surface area contributed by atoms with Crippen molar-refractivity contribution in [3.8, 4) is 0 Å². The van der Waals surface area contributed by atoms with E-state index in [0.29, 0.717) is 6.04 Å². The first-order chi connectivity index (χ1) is 23.6. The third-order valence-electron chi connectivity index (χ3n) is 11.0. The van der Waals surface area contributed by atoms with E-state index in [0.717, 1.165) is 19.5 Å². The fraction of sp³-hybridized carbons (Fsp3) is 0.978. The third kappa shape index (κ3) is 42.7. The van der Waals surface area contributed by atoms with Gasteiger partial charge in [0.1, 0.15) is 0 Å². The van der Waals surface area contributed by atoms with Crippen LogP contribution in [0.5, 0.6) is 0 Å². The zero-order valence-corrected chi connectivity index (χ0v) is 36.6. The topological polar surface area (TPSA) is 43.4 Å². The van der Waals surface area contributed by atoms with Gasteiger partial charge < -0.3 is 14.8 Å². The van der Waals surface area contributed by atoms with Gasteiger partial charge >= 0.3 is 29.6 Å². The van der Waals surface area contributed by atoms with E-state index in [-0.39, 0.29) is 36.0 Å². The number of hydrogen-bond acceptors (Lipinski definition) is 3. The Labute approximate surface area is 332 Å². The van der Waals surface area contributed by atoms with Gasteiger partial charge in [-0.05, 0) is 45.7 Å². The van der Waals surface area contributed by atoms with E-state index >= 15 is 0 Å². The van der Waals surface area contributed by atoms with Crippen molar-refractivity contribution in [2.75, 3.05) is 13.1 Å². The molecule has 0 rings (SSSR count). The SMILES string of the molecule is CCCCCCCCCCCCCCCCCCCCN(CCCCCCCCCCCCCCCCCCCC)C(C)CCC(=O)[O-].[Na+]. The Morgan fingerprint density at radius 2 is 0.612 bits per heavy atom. The Balaban J connectivity index is 0. The number of rotatable bonds is 42. The molecule has 0 radical (unpaired) electrons. The minimum atomic E-state index is -0.900. The molecule has 0 heterocycles. The van der Waals surface area contributed by atoms with Crippen LogP contribution in [0, 0.1) is 0 Å². The van der Waals surface area contributed by atoms with Crippen LogP contribution in [0.3, 0.4) is 0 Å². The summed E-state index contributed by atoms with van der Waals surface area (Å²) < 4.78 is 0. The van der Waals surface area contributed by atoms with Crippen molar-refractivity contribution < 1.29 is 39.5 Å². The van der Waals surface area contributed by atoms with Crippen LogP contribution in [0.2, 0.25) is 0 Å². The number of nitrogens with zero attached hydrogens (tertiary/aromatic N) is 1. The van der Waals surface area contributed by atoms with Crippen LogP contribution in [0.25, 0.3) is 0 Å². The molecule has 49 heavy (non-hydrogen) atoms. The fourth-order valence-corrected chi connectivity index (χ4v) is 7.49. The van der Waals surface area contributed by atoms with Crippen molar-refractivity contribution in [1.82, 2.24) is 4.90 Å². The first-order valence-corrected chi connectivity index (χ1v) is 22.6. The van der Waals surface area contributed by atoms with Crippen molar-refractivity contribution in [2.45, 2.75) is 271 Å². The molecule has 1 atom stereocenters. The maximum Gasteiger partial charge on any atom is 1.00 e. The molecule has 0 bridgehead atoms. The average Bonchev–Trinajstić information content (AvgIpc) is 3.08. The van der Waals surface area contributed by atoms with E-state index in [4.69, 9.17) is 0 Å². The van der Waals surface area contributed by atoms with Gasteiger partial charge in [-0.1, -0.05) is 232 Å². The molecule has 0 spiro atoms. The van der Waals surface area contributed by atoms with E-state index in [1.165, 1.54) is 231 Å². The Hall–Kier alpha value is 0.430. The Bertz CT molecular complexity index is 575. The molecular formula is C45H90NNaO2. The van der Waals surface area contributed by atoms with Crippen molar-refractivity contribution in [2.24, 2.45) is 0 Å². The van der Waals surface area contributed by atoms with Gasteiger partial charge in [0.15, 0.2) is 0 Å². The largest absolute Gasteiger partial charge is 1.00 e. The number of hydrogen-bond donors (Lipinski definition) is 0. The summed E-state index contributed by atoms with van der Waals surface area (Å²) >= 11 is 0. The van der Waals surface area contributed by atoms with Crippen LogP contribution < -0.4 is 34.7 Å². The van der Waals surface area contributed by atoms with Gasteiger partial charge in [-0.3, -0.25) is 0 Å². The predicted octanol–water partition coefficient (Wildman–Crippen LogP) is 11.3. The van der Waals surface area contributed by atoms with Gasteiger partial charge in [-0.25, -0.2) is 0 Å². The van der Waals surface area contributed by atoms with Crippen molar-refractivity contribution >= 4 is 5.97 Å². The third-order valence-corrected chi connectivity index (χ3v) is 11.0. The number of carbonyl (C=O) groups is 1. The van der Waals surface area contributed by atoms with Crippen molar-refractivity contribution in [1.29, 1.82) is 0 Å². The van der Waals surface area contributed by atoms with E-state index in [1.807, 2.05) is 0 Å². The minimum absolute atomic E-state index is 0. The molecule has 0 aromatic rings. The summed E-state index contributed by atoms with van der Waals surface area (Å²) in [6, 6.07) is 0.347. The molecule has 1 unspecified atom stereocenters. The van der Waals surface area contributed by atoms with Gasteiger partial charge in [0.25, 0.3) is 0 Å². The number of carbonyl (C=O) groups excluding carboxylic acids is 1. The molecule has 0 N–H and O–H groups in total. The van der Waals surface area contributed by atoms with E-state index in [1.54, 1.807) is 0 Å². The van der Waals surface area contributed by atoms with E-state index < -0.39 is 5.97 Å². The van der Waals surface area contributed by atoms with Crippen LogP contribution in [-0.2, 0) is 4.79 Å². The van der Waals surface area contributed by atoms with E-state index in [9.17, 15) is 9.90 Å². The van der Waals surface area contributed by atoms with Crippen LogP contribution in [0.4, 0.5) is 0 Å². The molecule has 0 amide bonds. The van der Waals surface area contributed by atoms with Gasteiger partial charge in [-0.2, -0.15) is 0 Å². The molecule has 0 aliphatic carbocycles. The van der Waals surface area contributed by atoms with E-state index in [2.05, 4.69) is 25.7 Å². The molecular weight excluding hydrogens is 609 g/mol. The second-order valence-corrected chi connectivity index (χ2v) is 15.8. The minimum Gasteiger partial charge on any atom is -0.550 e.